The van der Waals surface area contributed by atoms with E-state index in [2.05, 4.69) is 11.1 Å². The third-order valence-corrected chi connectivity index (χ3v) is 5.23. The van der Waals surface area contributed by atoms with Gasteiger partial charge in [-0.05, 0) is 61.7 Å². The first kappa shape index (κ1) is 16.6. The number of nitrogens with zero attached hydrogens (tertiary/aromatic N) is 2. The van der Waals surface area contributed by atoms with Crippen molar-refractivity contribution >= 4 is 33.4 Å². The van der Waals surface area contributed by atoms with E-state index in [4.69, 9.17) is 4.74 Å². The van der Waals surface area contributed by atoms with Crippen LogP contribution in [0.4, 0.5) is 0 Å². The first-order valence-corrected chi connectivity index (χ1v) is 9.19. The Morgan fingerprint density at radius 2 is 2.08 bits per heavy atom. The summed E-state index contributed by atoms with van der Waals surface area (Å²) in [7, 11) is 0. The van der Waals surface area contributed by atoms with Crippen LogP contribution in [0.2, 0.25) is 0 Å². The van der Waals surface area contributed by atoms with Crippen LogP contribution >= 0.6 is 11.3 Å². The van der Waals surface area contributed by atoms with E-state index >= 15 is 0 Å². The number of thiazole rings is 1. The van der Waals surface area contributed by atoms with E-state index in [9.17, 15) is 9.90 Å². The van der Waals surface area contributed by atoms with Crippen LogP contribution in [-0.2, 0) is 0 Å². The number of aromatic nitrogens is 2. The van der Waals surface area contributed by atoms with Crippen LogP contribution in [0.1, 0.15) is 23.6 Å². The van der Waals surface area contributed by atoms with Crippen LogP contribution in [0.15, 0.2) is 35.1 Å². The van der Waals surface area contributed by atoms with Crippen molar-refractivity contribution in [3.8, 4) is 11.5 Å². The largest absolute Gasteiger partial charge is 0.504 e. The van der Waals surface area contributed by atoms with E-state index in [0.717, 1.165) is 27.7 Å². The number of phenols is 1. The fraction of sp³-hybridized carbons (Fsp3) is 0.200. The monoisotopic (exact) mass is 366 g/mol. The van der Waals surface area contributed by atoms with Gasteiger partial charge in [0.1, 0.15) is 0 Å². The first-order chi connectivity index (χ1) is 12.5. The van der Waals surface area contributed by atoms with Crippen LogP contribution in [0, 0.1) is 13.8 Å². The number of phenolic OH excluding ortho intramolecular Hbond substituents is 1. The van der Waals surface area contributed by atoms with Crippen molar-refractivity contribution < 1.29 is 9.84 Å². The number of imidazole rings is 1. The molecule has 6 heteroatoms. The summed E-state index contributed by atoms with van der Waals surface area (Å²) in [4.78, 5) is 18.3. The molecule has 2 aromatic carbocycles. The first-order valence-electron chi connectivity index (χ1n) is 8.37. The summed E-state index contributed by atoms with van der Waals surface area (Å²) in [5.41, 5.74) is 4.61. The van der Waals surface area contributed by atoms with Crippen molar-refractivity contribution in [3.63, 3.8) is 0 Å². The zero-order valence-corrected chi connectivity index (χ0v) is 15.6. The number of hydrogen-bond donors (Lipinski definition) is 1. The molecule has 2 heterocycles. The third kappa shape index (κ3) is 2.63. The van der Waals surface area contributed by atoms with E-state index < -0.39 is 0 Å². The van der Waals surface area contributed by atoms with Crippen molar-refractivity contribution in [2.75, 3.05) is 6.61 Å². The van der Waals surface area contributed by atoms with E-state index in [1.807, 2.05) is 26.8 Å². The van der Waals surface area contributed by atoms with Crippen LogP contribution in [0.3, 0.4) is 0 Å². The molecule has 26 heavy (non-hydrogen) atoms. The number of benzene rings is 2. The Balaban J connectivity index is 1.93. The minimum absolute atomic E-state index is 0.0801. The summed E-state index contributed by atoms with van der Waals surface area (Å²) in [5, 5.41) is 9.83. The summed E-state index contributed by atoms with van der Waals surface area (Å²) in [6, 6.07) is 9.12. The predicted molar refractivity (Wildman–Crippen MR) is 104 cm³/mol. The van der Waals surface area contributed by atoms with Crippen LogP contribution < -0.4 is 14.8 Å². The Morgan fingerprint density at radius 3 is 2.85 bits per heavy atom. The Bertz CT molecular complexity index is 1250. The SMILES string of the molecule is CCOc1cc(C=c2sc3nc4c(C)cc(C)cc4n3c2=O)ccc1O. The Morgan fingerprint density at radius 1 is 1.27 bits per heavy atom. The number of aryl methyl sites for hydroxylation is 2. The molecule has 0 atom stereocenters. The molecule has 0 saturated carbocycles. The molecule has 132 valence electrons. The molecule has 0 bridgehead atoms. The van der Waals surface area contributed by atoms with Gasteiger partial charge in [-0.3, -0.25) is 4.79 Å². The lowest BCUT2D eigenvalue weighted by atomic mass is 10.1. The highest BCUT2D eigenvalue weighted by molar-refractivity contribution is 7.15. The van der Waals surface area contributed by atoms with Gasteiger partial charge in [-0.1, -0.05) is 23.5 Å². The second-order valence-corrected chi connectivity index (χ2v) is 7.26. The fourth-order valence-corrected chi connectivity index (χ4v) is 4.13. The van der Waals surface area contributed by atoms with Crippen molar-refractivity contribution in [3.05, 3.63) is 61.9 Å². The quantitative estimate of drug-likeness (QED) is 0.605. The topological polar surface area (TPSA) is 63.8 Å². The lowest BCUT2D eigenvalue weighted by molar-refractivity contribution is 0.318. The van der Waals surface area contributed by atoms with Crippen LogP contribution in [0.25, 0.3) is 22.1 Å². The zero-order chi connectivity index (χ0) is 18.4. The average molecular weight is 366 g/mol. The maximum absolute atomic E-state index is 12.9. The van der Waals surface area contributed by atoms with Gasteiger partial charge in [0, 0.05) is 0 Å². The predicted octanol–water partition coefficient (Wildman–Crippen LogP) is 3.18. The molecular formula is C20H18N2O3S. The molecule has 0 spiro atoms. The summed E-state index contributed by atoms with van der Waals surface area (Å²) in [5.74, 6) is 0.496. The molecule has 0 aliphatic rings. The maximum Gasteiger partial charge on any atom is 0.274 e. The molecule has 0 fully saturated rings. The van der Waals surface area contributed by atoms with E-state index in [0.29, 0.717) is 21.8 Å². The number of hydrogen-bond acceptors (Lipinski definition) is 5. The van der Waals surface area contributed by atoms with Crippen molar-refractivity contribution in [1.82, 2.24) is 9.38 Å². The Kier molecular flexibility index (Phi) is 3.92. The van der Waals surface area contributed by atoms with Crippen molar-refractivity contribution in [1.29, 1.82) is 0 Å². The minimum atomic E-state index is -0.0801. The van der Waals surface area contributed by atoms with Gasteiger partial charge in [-0.15, -0.1) is 0 Å². The van der Waals surface area contributed by atoms with E-state index in [1.165, 1.54) is 11.3 Å². The lowest BCUT2D eigenvalue weighted by Crippen LogP contribution is -2.22. The highest BCUT2D eigenvalue weighted by atomic mass is 32.1. The second kappa shape index (κ2) is 6.14. The third-order valence-electron chi connectivity index (χ3n) is 4.26. The highest BCUT2D eigenvalue weighted by Crippen LogP contribution is 2.27. The van der Waals surface area contributed by atoms with Gasteiger partial charge in [0.25, 0.3) is 5.56 Å². The van der Waals surface area contributed by atoms with Gasteiger partial charge in [0.15, 0.2) is 16.5 Å². The highest BCUT2D eigenvalue weighted by Gasteiger charge is 2.13. The molecule has 2 aromatic heterocycles. The molecule has 0 radical (unpaired) electrons. The van der Waals surface area contributed by atoms with Gasteiger partial charge in [-0.25, -0.2) is 9.38 Å². The van der Waals surface area contributed by atoms with Gasteiger partial charge >= 0.3 is 0 Å². The van der Waals surface area contributed by atoms with Crippen LogP contribution in [0.5, 0.6) is 11.5 Å². The van der Waals surface area contributed by atoms with Crippen molar-refractivity contribution in [2.24, 2.45) is 0 Å². The zero-order valence-electron chi connectivity index (χ0n) is 14.7. The van der Waals surface area contributed by atoms with E-state index in [1.54, 1.807) is 28.7 Å². The molecule has 0 unspecified atom stereocenters. The van der Waals surface area contributed by atoms with Gasteiger partial charge in [0.2, 0.25) is 0 Å². The van der Waals surface area contributed by atoms with Crippen LogP contribution in [-0.4, -0.2) is 21.1 Å². The fourth-order valence-electron chi connectivity index (χ4n) is 3.15. The molecule has 1 N–H and O–H groups in total. The van der Waals surface area contributed by atoms with Gasteiger partial charge in [0.05, 0.1) is 22.2 Å². The number of aromatic hydroxyl groups is 1. The Hall–Kier alpha value is -2.86. The van der Waals surface area contributed by atoms with Gasteiger partial charge < -0.3 is 9.84 Å². The molecule has 0 aliphatic heterocycles. The summed E-state index contributed by atoms with van der Waals surface area (Å²) in [6.45, 7) is 6.34. The summed E-state index contributed by atoms with van der Waals surface area (Å²) in [6.07, 6.45) is 1.80. The normalized spacial score (nSPS) is 12.3. The standard InChI is InChI=1S/C20H18N2O3S/c1-4-25-16-9-13(5-6-15(16)23)10-17-19(24)22-14-8-11(2)7-12(3)18(14)21-20(22)26-17/h5-10,23H,4H2,1-3H3. The Labute approximate surface area is 153 Å². The lowest BCUT2D eigenvalue weighted by Gasteiger charge is -2.05. The molecule has 0 saturated heterocycles. The second-order valence-electron chi connectivity index (χ2n) is 6.26. The van der Waals surface area contributed by atoms with E-state index in [-0.39, 0.29) is 11.3 Å². The number of ether oxygens (including phenoxy) is 1. The maximum atomic E-state index is 12.9. The molecule has 4 rings (SSSR count). The molecule has 4 aromatic rings. The number of fused-ring (bicyclic) bond motifs is 3. The molecule has 5 nitrogen and oxygen atoms in total. The minimum Gasteiger partial charge on any atom is -0.504 e. The van der Waals surface area contributed by atoms with Crippen molar-refractivity contribution in [2.45, 2.75) is 20.8 Å². The summed E-state index contributed by atoms with van der Waals surface area (Å²) < 4.78 is 7.69. The van der Waals surface area contributed by atoms with Gasteiger partial charge in [-0.2, -0.15) is 0 Å². The number of rotatable bonds is 3. The smallest absolute Gasteiger partial charge is 0.274 e. The molecule has 0 aliphatic carbocycles. The summed E-state index contributed by atoms with van der Waals surface area (Å²) >= 11 is 1.36. The molecule has 0 amide bonds. The average Bonchev–Trinajstić information content (AvgIpc) is 3.09. The molecular weight excluding hydrogens is 348 g/mol.